The van der Waals surface area contributed by atoms with Crippen LogP contribution >= 0.6 is 11.3 Å². The highest BCUT2D eigenvalue weighted by molar-refractivity contribution is 7.14. The second-order valence-corrected chi connectivity index (χ2v) is 6.14. The molecule has 0 aliphatic heterocycles. The summed E-state index contributed by atoms with van der Waals surface area (Å²) in [7, 11) is 0. The SMILES string of the molecule is CC(C)CC(=O)Nc1nc(-c2ccnc3[nH]ccc23)cs1.[HH]. The van der Waals surface area contributed by atoms with E-state index >= 15 is 0 Å². The number of rotatable bonds is 4. The Balaban J connectivity index is 0.00000176. The van der Waals surface area contributed by atoms with Crippen molar-refractivity contribution in [2.45, 2.75) is 20.3 Å². The van der Waals surface area contributed by atoms with Crippen molar-refractivity contribution in [3.63, 3.8) is 0 Å². The summed E-state index contributed by atoms with van der Waals surface area (Å²) in [6, 6.07) is 3.92. The molecule has 6 heteroatoms. The normalized spacial score (nSPS) is 11.2. The van der Waals surface area contributed by atoms with E-state index in [1.807, 2.05) is 37.6 Å². The van der Waals surface area contributed by atoms with Crippen molar-refractivity contribution in [1.29, 1.82) is 0 Å². The maximum atomic E-state index is 11.8. The Hall–Kier alpha value is -2.21. The van der Waals surface area contributed by atoms with Gasteiger partial charge in [-0.1, -0.05) is 13.8 Å². The molecule has 3 aromatic heterocycles. The van der Waals surface area contributed by atoms with Crippen molar-refractivity contribution in [1.82, 2.24) is 15.0 Å². The van der Waals surface area contributed by atoms with Crippen molar-refractivity contribution >= 4 is 33.4 Å². The summed E-state index contributed by atoms with van der Waals surface area (Å²) in [6.07, 6.45) is 4.12. The lowest BCUT2D eigenvalue weighted by atomic mass is 10.1. The Morgan fingerprint density at radius 1 is 1.48 bits per heavy atom. The number of hydrogen-bond acceptors (Lipinski definition) is 4. The molecule has 0 aliphatic carbocycles. The first-order chi connectivity index (χ1) is 10.1. The van der Waals surface area contributed by atoms with Crippen molar-refractivity contribution in [3.05, 3.63) is 29.9 Å². The van der Waals surface area contributed by atoms with Crippen LogP contribution in [0, 0.1) is 5.92 Å². The molecule has 21 heavy (non-hydrogen) atoms. The third kappa shape index (κ3) is 2.95. The van der Waals surface area contributed by atoms with E-state index in [9.17, 15) is 4.79 Å². The maximum Gasteiger partial charge on any atom is 0.226 e. The average Bonchev–Trinajstić information content (AvgIpc) is 3.05. The molecular formula is C15H18N4OS. The van der Waals surface area contributed by atoms with E-state index in [2.05, 4.69) is 20.3 Å². The number of aromatic amines is 1. The number of carbonyl (C=O) groups is 1. The summed E-state index contributed by atoms with van der Waals surface area (Å²) in [6.45, 7) is 4.04. The minimum Gasteiger partial charge on any atom is -0.346 e. The fraction of sp³-hybridized carbons (Fsp3) is 0.267. The van der Waals surface area contributed by atoms with Gasteiger partial charge in [0.25, 0.3) is 0 Å². The smallest absolute Gasteiger partial charge is 0.226 e. The lowest BCUT2D eigenvalue weighted by molar-refractivity contribution is -0.116. The molecule has 0 unspecified atom stereocenters. The molecule has 0 saturated carbocycles. The molecular weight excluding hydrogens is 284 g/mol. The van der Waals surface area contributed by atoms with Crippen LogP contribution in [0.15, 0.2) is 29.9 Å². The van der Waals surface area contributed by atoms with Crippen LogP contribution in [0.5, 0.6) is 0 Å². The lowest BCUT2D eigenvalue weighted by Gasteiger charge is -2.03. The average molecular weight is 302 g/mol. The van der Waals surface area contributed by atoms with Crippen LogP contribution in [0.2, 0.25) is 0 Å². The molecule has 2 N–H and O–H groups in total. The first-order valence-corrected chi connectivity index (χ1v) is 7.69. The van der Waals surface area contributed by atoms with Gasteiger partial charge in [0, 0.05) is 36.6 Å². The Bertz CT molecular complexity index is 781. The minimum absolute atomic E-state index is 0. The van der Waals surface area contributed by atoms with Crippen LogP contribution < -0.4 is 5.32 Å². The highest BCUT2D eigenvalue weighted by Gasteiger charge is 2.11. The van der Waals surface area contributed by atoms with Gasteiger partial charge in [0.2, 0.25) is 5.91 Å². The standard InChI is InChI=1S/C15H16N4OS.H2/c1-9(2)7-13(20)19-15-18-12(8-21-15)10-3-5-16-14-11(10)4-6-17-14;/h3-6,8-9H,7H2,1-2H3,(H,16,17)(H,18,19,20);1H. The molecule has 3 rings (SSSR count). The van der Waals surface area contributed by atoms with Crippen LogP contribution in [-0.2, 0) is 4.79 Å². The number of H-pyrrole nitrogens is 1. The Labute approximate surface area is 127 Å². The zero-order chi connectivity index (χ0) is 14.8. The highest BCUT2D eigenvalue weighted by atomic mass is 32.1. The predicted octanol–water partition coefficient (Wildman–Crippen LogP) is 3.92. The van der Waals surface area contributed by atoms with Gasteiger partial charge < -0.3 is 10.3 Å². The number of nitrogens with one attached hydrogen (secondary N) is 2. The molecule has 1 amide bonds. The molecule has 0 fully saturated rings. The number of thiazole rings is 1. The number of nitrogens with zero attached hydrogens (tertiary/aromatic N) is 2. The van der Waals surface area contributed by atoms with Crippen LogP contribution in [-0.4, -0.2) is 20.9 Å². The van der Waals surface area contributed by atoms with Gasteiger partial charge in [0.1, 0.15) is 5.65 Å². The number of anilines is 1. The van der Waals surface area contributed by atoms with E-state index in [4.69, 9.17) is 0 Å². The molecule has 0 aromatic carbocycles. The quantitative estimate of drug-likeness (QED) is 0.767. The highest BCUT2D eigenvalue weighted by Crippen LogP contribution is 2.29. The molecule has 0 saturated heterocycles. The van der Waals surface area contributed by atoms with Crippen molar-refractivity contribution < 1.29 is 6.22 Å². The number of hydrogen-bond donors (Lipinski definition) is 2. The van der Waals surface area contributed by atoms with Gasteiger partial charge in [-0.05, 0) is 18.1 Å². The molecule has 110 valence electrons. The second-order valence-electron chi connectivity index (χ2n) is 5.28. The molecule has 0 spiro atoms. The summed E-state index contributed by atoms with van der Waals surface area (Å²) in [5.41, 5.74) is 2.71. The molecule has 5 nitrogen and oxygen atoms in total. The minimum atomic E-state index is 0. The lowest BCUT2D eigenvalue weighted by Crippen LogP contribution is -2.13. The summed E-state index contributed by atoms with van der Waals surface area (Å²) in [4.78, 5) is 23.6. The number of fused-ring (bicyclic) bond motifs is 1. The Kier molecular flexibility index (Phi) is 3.70. The van der Waals surface area contributed by atoms with E-state index in [0.29, 0.717) is 17.5 Å². The summed E-state index contributed by atoms with van der Waals surface area (Å²) >= 11 is 1.44. The predicted molar refractivity (Wildman–Crippen MR) is 87.4 cm³/mol. The molecule has 3 aromatic rings. The van der Waals surface area contributed by atoms with Gasteiger partial charge in [-0.15, -0.1) is 11.3 Å². The fourth-order valence-corrected chi connectivity index (χ4v) is 2.91. The molecule has 0 atom stereocenters. The van der Waals surface area contributed by atoms with Crippen LogP contribution in [0.3, 0.4) is 0 Å². The van der Waals surface area contributed by atoms with Crippen LogP contribution in [0.4, 0.5) is 5.13 Å². The molecule has 3 heterocycles. The number of amides is 1. The fourth-order valence-electron chi connectivity index (χ4n) is 2.18. The number of carbonyl (C=O) groups excluding carboxylic acids is 1. The second kappa shape index (κ2) is 5.65. The number of pyridine rings is 1. The molecule has 0 aliphatic rings. The van der Waals surface area contributed by atoms with Crippen molar-refractivity contribution in [2.24, 2.45) is 5.92 Å². The topological polar surface area (TPSA) is 70.7 Å². The van der Waals surface area contributed by atoms with Gasteiger partial charge in [0.05, 0.1) is 5.69 Å². The largest absolute Gasteiger partial charge is 0.346 e. The van der Waals surface area contributed by atoms with Crippen LogP contribution in [0.25, 0.3) is 22.3 Å². The van der Waals surface area contributed by atoms with E-state index in [0.717, 1.165) is 22.3 Å². The van der Waals surface area contributed by atoms with E-state index < -0.39 is 0 Å². The third-order valence-electron chi connectivity index (χ3n) is 3.08. The molecule has 0 radical (unpaired) electrons. The van der Waals surface area contributed by atoms with Crippen molar-refractivity contribution in [3.8, 4) is 11.3 Å². The first kappa shape index (κ1) is 13.8. The van der Waals surface area contributed by atoms with Gasteiger partial charge in [-0.25, -0.2) is 9.97 Å². The number of aromatic nitrogens is 3. The monoisotopic (exact) mass is 302 g/mol. The maximum absolute atomic E-state index is 11.8. The van der Waals surface area contributed by atoms with Gasteiger partial charge in [-0.2, -0.15) is 0 Å². The van der Waals surface area contributed by atoms with E-state index in [1.54, 1.807) is 6.20 Å². The summed E-state index contributed by atoms with van der Waals surface area (Å²) < 4.78 is 0. The first-order valence-electron chi connectivity index (χ1n) is 6.81. The zero-order valence-electron chi connectivity index (χ0n) is 11.9. The third-order valence-corrected chi connectivity index (χ3v) is 3.84. The summed E-state index contributed by atoms with van der Waals surface area (Å²) in [5, 5.41) is 6.47. The zero-order valence-corrected chi connectivity index (χ0v) is 12.7. The van der Waals surface area contributed by atoms with Gasteiger partial charge >= 0.3 is 0 Å². The van der Waals surface area contributed by atoms with Crippen LogP contribution in [0.1, 0.15) is 21.7 Å². The van der Waals surface area contributed by atoms with Crippen molar-refractivity contribution in [2.75, 3.05) is 5.32 Å². The summed E-state index contributed by atoms with van der Waals surface area (Å²) in [5.74, 6) is 0.344. The Morgan fingerprint density at radius 2 is 2.33 bits per heavy atom. The van der Waals surface area contributed by atoms with E-state index in [1.165, 1.54) is 11.3 Å². The molecule has 0 bridgehead atoms. The Morgan fingerprint density at radius 3 is 3.14 bits per heavy atom. The van der Waals surface area contributed by atoms with E-state index in [-0.39, 0.29) is 7.33 Å². The van der Waals surface area contributed by atoms with Gasteiger partial charge in [-0.3, -0.25) is 4.79 Å². The van der Waals surface area contributed by atoms with Gasteiger partial charge in [0.15, 0.2) is 5.13 Å².